The van der Waals surface area contributed by atoms with Gasteiger partial charge in [0.1, 0.15) is 0 Å². The lowest BCUT2D eigenvalue weighted by Gasteiger charge is -2.13. The quantitative estimate of drug-likeness (QED) is 0.897. The van der Waals surface area contributed by atoms with Gasteiger partial charge in [0.2, 0.25) is 5.89 Å². The second kappa shape index (κ2) is 5.36. The maximum Gasteiger partial charge on any atom is 0.240 e. The van der Waals surface area contributed by atoms with Gasteiger partial charge in [-0.15, -0.1) is 11.3 Å². The summed E-state index contributed by atoms with van der Waals surface area (Å²) in [6.45, 7) is 7.14. The normalized spacial score (nSPS) is 12.3. The number of hydrogen-bond acceptors (Lipinski definition) is 7. The van der Waals surface area contributed by atoms with E-state index in [-0.39, 0.29) is 0 Å². The van der Waals surface area contributed by atoms with Crippen LogP contribution in [-0.4, -0.2) is 27.1 Å². The molecule has 0 aliphatic rings. The molecule has 0 bridgehead atoms. The van der Waals surface area contributed by atoms with Crippen molar-refractivity contribution in [2.45, 2.75) is 39.4 Å². The third kappa shape index (κ3) is 3.59. The molecule has 0 fully saturated rings. The maximum absolute atomic E-state index is 5.93. The minimum absolute atomic E-state index is 0.532. The third-order valence-electron chi connectivity index (χ3n) is 2.71. The predicted octanol–water partition coefficient (Wildman–Crippen LogP) is 1.66. The highest BCUT2D eigenvalue weighted by Crippen LogP contribution is 2.16. The average Bonchev–Trinajstić information content (AvgIpc) is 2.88. The van der Waals surface area contributed by atoms with Gasteiger partial charge in [-0.1, -0.05) is 5.16 Å². The molecule has 0 aromatic carbocycles. The van der Waals surface area contributed by atoms with E-state index in [0.29, 0.717) is 18.3 Å². The Balaban J connectivity index is 1.98. The lowest BCUT2D eigenvalue weighted by atomic mass is 10.1. The van der Waals surface area contributed by atoms with Crippen LogP contribution in [0.1, 0.15) is 36.1 Å². The van der Waals surface area contributed by atoms with Crippen LogP contribution in [0.3, 0.4) is 0 Å². The highest BCUT2D eigenvalue weighted by molar-refractivity contribution is 7.09. The van der Waals surface area contributed by atoms with Gasteiger partial charge in [0.25, 0.3) is 0 Å². The molecular weight excluding hydrogens is 262 g/mol. The van der Waals surface area contributed by atoms with Crippen LogP contribution in [0.15, 0.2) is 10.0 Å². The van der Waals surface area contributed by atoms with Crippen LogP contribution in [0.25, 0.3) is 0 Å². The highest BCUT2D eigenvalue weighted by Gasteiger charge is 2.21. The zero-order valence-electron chi connectivity index (χ0n) is 11.7. The summed E-state index contributed by atoms with van der Waals surface area (Å²) in [6.07, 6.45) is 0. The van der Waals surface area contributed by atoms with Crippen LogP contribution >= 0.6 is 11.3 Å². The van der Waals surface area contributed by atoms with Crippen molar-refractivity contribution in [3.05, 3.63) is 27.8 Å². The Morgan fingerprint density at radius 1 is 1.42 bits per heavy atom. The lowest BCUT2D eigenvalue weighted by Crippen LogP contribution is -2.30. The zero-order valence-corrected chi connectivity index (χ0v) is 12.5. The van der Waals surface area contributed by atoms with Crippen molar-refractivity contribution in [3.63, 3.8) is 0 Å². The van der Waals surface area contributed by atoms with Gasteiger partial charge >= 0.3 is 0 Å². The van der Waals surface area contributed by atoms with Crippen molar-refractivity contribution in [2.75, 3.05) is 7.05 Å². The van der Waals surface area contributed by atoms with Crippen LogP contribution in [0.2, 0.25) is 0 Å². The van der Waals surface area contributed by atoms with Gasteiger partial charge in [0.15, 0.2) is 5.82 Å². The molecular formula is C12H19N5OS. The maximum atomic E-state index is 5.93. The van der Waals surface area contributed by atoms with E-state index in [1.165, 1.54) is 4.88 Å². The van der Waals surface area contributed by atoms with Crippen LogP contribution in [0.4, 0.5) is 0 Å². The van der Waals surface area contributed by atoms with Crippen molar-refractivity contribution in [2.24, 2.45) is 5.73 Å². The average molecular weight is 281 g/mol. The van der Waals surface area contributed by atoms with E-state index in [1.54, 1.807) is 11.3 Å². The first-order chi connectivity index (χ1) is 8.86. The molecule has 0 radical (unpaired) electrons. The molecule has 19 heavy (non-hydrogen) atoms. The molecule has 2 N–H and O–H groups in total. The van der Waals surface area contributed by atoms with Crippen molar-refractivity contribution >= 4 is 11.3 Å². The summed E-state index contributed by atoms with van der Waals surface area (Å²) < 4.78 is 5.22. The van der Waals surface area contributed by atoms with E-state index in [1.807, 2.05) is 33.3 Å². The van der Waals surface area contributed by atoms with Crippen molar-refractivity contribution in [1.82, 2.24) is 20.0 Å². The van der Waals surface area contributed by atoms with Gasteiger partial charge in [-0.25, -0.2) is 4.98 Å². The largest absolute Gasteiger partial charge is 0.338 e. The molecule has 6 nitrogen and oxygen atoms in total. The first-order valence-corrected chi connectivity index (χ1v) is 6.93. The fraction of sp³-hybridized carbons (Fsp3) is 0.583. The number of rotatable bonds is 5. The summed E-state index contributed by atoms with van der Waals surface area (Å²) >= 11 is 1.66. The second-order valence-corrected chi connectivity index (χ2v) is 6.21. The second-order valence-electron chi connectivity index (χ2n) is 5.27. The van der Waals surface area contributed by atoms with Gasteiger partial charge in [-0.3, -0.25) is 4.90 Å². The molecule has 0 spiro atoms. The summed E-state index contributed by atoms with van der Waals surface area (Å²) in [6, 6.07) is 0. The Labute approximate surface area is 116 Å². The molecule has 0 aliphatic heterocycles. The molecule has 0 saturated carbocycles. The Morgan fingerprint density at radius 3 is 2.68 bits per heavy atom. The summed E-state index contributed by atoms with van der Waals surface area (Å²) in [5.74, 6) is 1.11. The standard InChI is InChI=1S/C12H19N5OS/c1-8-9(19-7-14-8)5-17(4)6-10-15-11(16-18-10)12(2,3)13/h7H,5-6,13H2,1-4H3. The zero-order chi connectivity index (χ0) is 14.0. The van der Waals surface area contributed by atoms with Gasteiger partial charge in [0.05, 0.1) is 23.3 Å². The number of aromatic nitrogens is 3. The Hall–Kier alpha value is -1.31. The molecule has 2 aromatic rings. The summed E-state index contributed by atoms with van der Waals surface area (Å²) in [7, 11) is 2.01. The van der Waals surface area contributed by atoms with E-state index in [0.717, 1.165) is 12.2 Å². The predicted molar refractivity (Wildman–Crippen MR) is 73.5 cm³/mol. The Kier molecular flexibility index (Phi) is 3.98. The smallest absolute Gasteiger partial charge is 0.240 e. The van der Waals surface area contributed by atoms with E-state index >= 15 is 0 Å². The first-order valence-electron chi connectivity index (χ1n) is 6.05. The number of aryl methyl sites for hydroxylation is 1. The van der Waals surface area contributed by atoms with Crippen LogP contribution < -0.4 is 5.73 Å². The van der Waals surface area contributed by atoms with Crippen molar-refractivity contribution < 1.29 is 4.52 Å². The van der Waals surface area contributed by atoms with Crippen molar-refractivity contribution in [3.8, 4) is 0 Å². The first kappa shape index (κ1) is 14.1. The number of nitrogens with two attached hydrogens (primary N) is 1. The molecule has 104 valence electrons. The molecule has 0 saturated heterocycles. The monoisotopic (exact) mass is 281 g/mol. The topological polar surface area (TPSA) is 81.1 Å². The Bertz CT molecular complexity index is 542. The van der Waals surface area contributed by atoms with Crippen LogP contribution in [0, 0.1) is 6.92 Å². The van der Waals surface area contributed by atoms with Crippen LogP contribution in [-0.2, 0) is 18.6 Å². The van der Waals surface area contributed by atoms with Gasteiger partial charge in [0, 0.05) is 11.4 Å². The van der Waals surface area contributed by atoms with Gasteiger partial charge < -0.3 is 10.3 Å². The van der Waals surface area contributed by atoms with Gasteiger partial charge in [-0.2, -0.15) is 4.98 Å². The molecule has 2 heterocycles. The molecule has 0 amide bonds. The number of thiazole rings is 1. The molecule has 0 atom stereocenters. The summed E-state index contributed by atoms with van der Waals surface area (Å²) in [4.78, 5) is 11.9. The molecule has 2 aromatic heterocycles. The van der Waals surface area contributed by atoms with Crippen LogP contribution in [0.5, 0.6) is 0 Å². The molecule has 7 heteroatoms. The molecule has 2 rings (SSSR count). The molecule has 0 aliphatic carbocycles. The van der Waals surface area contributed by atoms with Gasteiger partial charge in [-0.05, 0) is 27.8 Å². The van der Waals surface area contributed by atoms with E-state index < -0.39 is 5.54 Å². The molecule has 0 unspecified atom stereocenters. The lowest BCUT2D eigenvalue weighted by molar-refractivity contribution is 0.260. The fourth-order valence-corrected chi connectivity index (χ4v) is 2.45. The van der Waals surface area contributed by atoms with E-state index in [2.05, 4.69) is 20.0 Å². The summed E-state index contributed by atoms with van der Waals surface area (Å²) in [5.41, 5.74) is 8.29. The Morgan fingerprint density at radius 2 is 2.16 bits per heavy atom. The number of nitrogens with zero attached hydrogens (tertiary/aromatic N) is 4. The third-order valence-corrected chi connectivity index (χ3v) is 3.63. The van der Waals surface area contributed by atoms with E-state index in [4.69, 9.17) is 10.3 Å². The van der Waals surface area contributed by atoms with E-state index in [9.17, 15) is 0 Å². The highest BCUT2D eigenvalue weighted by atomic mass is 32.1. The SMILES string of the molecule is Cc1ncsc1CN(C)Cc1nc(C(C)(C)N)no1. The fourth-order valence-electron chi connectivity index (χ4n) is 1.59. The number of hydrogen-bond donors (Lipinski definition) is 1. The minimum atomic E-state index is -0.575. The minimum Gasteiger partial charge on any atom is -0.338 e. The van der Waals surface area contributed by atoms with Crippen molar-refractivity contribution in [1.29, 1.82) is 0 Å². The summed E-state index contributed by atoms with van der Waals surface area (Å²) in [5, 5.41) is 3.91.